The fourth-order valence-corrected chi connectivity index (χ4v) is 2.61. The zero-order valence-corrected chi connectivity index (χ0v) is 14.1. The predicted octanol–water partition coefficient (Wildman–Crippen LogP) is 2.27. The number of carbonyl (C=O) groups is 1. The monoisotopic (exact) mass is 350 g/mol. The Morgan fingerprint density at radius 1 is 1.48 bits per heavy atom. The van der Waals surface area contributed by atoms with Crippen molar-refractivity contribution in [2.45, 2.75) is 25.4 Å². The molecule has 1 aliphatic heterocycles. The summed E-state index contributed by atoms with van der Waals surface area (Å²) in [7, 11) is 1.61. The lowest BCUT2D eigenvalue weighted by Crippen LogP contribution is -2.26. The Balaban J connectivity index is 1.93. The minimum Gasteiger partial charge on any atom is -0.496 e. The summed E-state index contributed by atoms with van der Waals surface area (Å²) in [6.07, 6.45) is 6.25. The van der Waals surface area contributed by atoms with Gasteiger partial charge in [-0.05, 0) is 37.0 Å². The highest BCUT2D eigenvalue weighted by Crippen LogP contribution is 2.34. The van der Waals surface area contributed by atoms with Gasteiger partial charge in [-0.2, -0.15) is 0 Å². The molecule has 136 valence electrons. The molecule has 8 nitrogen and oxygen atoms in total. The minimum absolute atomic E-state index is 0.0478. The first kappa shape index (κ1) is 18.7. The third-order valence-electron chi connectivity index (χ3n) is 3.81. The maximum Gasteiger partial charge on any atom is 0.294 e. The van der Waals surface area contributed by atoms with E-state index in [1.165, 1.54) is 6.08 Å². The molecule has 0 saturated carbocycles. The largest absolute Gasteiger partial charge is 0.496 e. The van der Waals surface area contributed by atoms with Crippen molar-refractivity contribution in [1.82, 2.24) is 5.32 Å². The quantitative estimate of drug-likeness (QED) is 0.334. The third kappa shape index (κ3) is 6.07. The van der Waals surface area contributed by atoms with Crippen molar-refractivity contribution < 1.29 is 24.2 Å². The van der Waals surface area contributed by atoms with Crippen LogP contribution in [-0.4, -0.2) is 37.9 Å². The molecule has 1 heterocycles. The molecule has 1 N–H and O–H groups in total. The maximum absolute atomic E-state index is 11.7. The van der Waals surface area contributed by atoms with E-state index in [1.54, 1.807) is 13.2 Å². The van der Waals surface area contributed by atoms with Crippen LogP contribution in [0.3, 0.4) is 0 Å². The number of ether oxygens (including phenoxy) is 2. The van der Waals surface area contributed by atoms with Crippen molar-refractivity contribution in [3.05, 3.63) is 45.5 Å². The smallest absolute Gasteiger partial charge is 0.294 e. The highest BCUT2D eigenvalue weighted by atomic mass is 16.9. The molecule has 1 aromatic rings. The first-order valence-electron chi connectivity index (χ1n) is 8.13. The van der Waals surface area contributed by atoms with Crippen LogP contribution in [0.5, 0.6) is 5.75 Å². The van der Waals surface area contributed by atoms with Gasteiger partial charge in [-0.15, -0.1) is 10.1 Å². The summed E-state index contributed by atoms with van der Waals surface area (Å²) >= 11 is 0. The standard InChI is InChI=1S/C17H22N2O6/c1-23-16-12-13(5-7-14(16)15-4-2-3-10-24-15)6-8-17(20)18-9-11-25-19(21)22/h5-8,12,15H,2-4,9-11H2,1H3,(H,18,20). The van der Waals surface area contributed by atoms with Crippen molar-refractivity contribution in [2.24, 2.45) is 0 Å². The first-order valence-corrected chi connectivity index (χ1v) is 8.13. The zero-order chi connectivity index (χ0) is 18.1. The van der Waals surface area contributed by atoms with Gasteiger partial charge in [0.15, 0.2) is 0 Å². The molecule has 1 aromatic carbocycles. The van der Waals surface area contributed by atoms with Gasteiger partial charge in [0.1, 0.15) is 12.4 Å². The lowest BCUT2D eigenvalue weighted by molar-refractivity contribution is -0.757. The Bertz CT molecular complexity index is 626. The highest BCUT2D eigenvalue weighted by Gasteiger charge is 2.19. The van der Waals surface area contributed by atoms with Crippen LogP contribution < -0.4 is 10.1 Å². The fourth-order valence-electron chi connectivity index (χ4n) is 2.61. The number of methoxy groups -OCH3 is 1. The Hall–Kier alpha value is -2.61. The second kappa shape index (κ2) is 9.63. The second-order valence-corrected chi connectivity index (χ2v) is 5.54. The molecule has 1 amide bonds. The zero-order valence-electron chi connectivity index (χ0n) is 14.1. The van der Waals surface area contributed by atoms with E-state index in [0.717, 1.165) is 42.7 Å². The lowest BCUT2D eigenvalue weighted by Gasteiger charge is -2.24. The number of rotatable bonds is 8. The molecule has 1 aliphatic rings. The number of amides is 1. The average molecular weight is 350 g/mol. The van der Waals surface area contributed by atoms with E-state index < -0.39 is 5.09 Å². The van der Waals surface area contributed by atoms with E-state index in [0.29, 0.717) is 0 Å². The molecule has 1 atom stereocenters. The SMILES string of the molecule is COc1cc(C=CC(=O)NCCO[N+](=O)[O-])ccc1C1CCCCO1. The number of nitrogens with one attached hydrogen (secondary N) is 1. The van der Waals surface area contributed by atoms with Gasteiger partial charge >= 0.3 is 0 Å². The van der Waals surface area contributed by atoms with E-state index in [1.807, 2.05) is 18.2 Å². The van der Waals surface area contributed by atoms with Crippen molar-refractivity contribution in [2.75, 3.05) is 26.9 Å². The molecule has 2 rings (SSSR count). The fraction of sp³-hybridized carbons (Fsp3) is 0.471. The Morgan fingerprint density at radius 3 is 3.00 bits per heavy atom. The molecule has 1 unspecified atom stereocenters. The van der Waals surface area contributed by atoms with Gasteiger partial charge in [0, 0.05) is 24.8 Å². The molecule has 8 heteroatoms. The van der Waals surface area contributed by atoms with Crippen LogP contribution in [0.4, 0.5) is 0 Å². The number of benzene rings is 1. The summed E-state index contributed by atoms with van der Waals surface area (Å²) in [5.74, 6) is 0.374. The molecular weight excluding hydrogens is 328 g/mol. The number of hydrogen-bond acceptors (Lipinski definition) is 6. The second-order valence-electron chi connectivity index (χ2n) is 5.54. The third-order valence-corrected chi connectivity index (χ3v) is 3.81. The number of carbonyl (C=O) groups excluding carboxylic acids is 1. The van der Waals surface area contributed by atoms with Crippen LogP contribution in [0.2, 0.25) is 0 Å². The van der Waals surface area contributed by atoms with E-state index in [4.69, 9.17) is 9.47 Å². The van der Waals surface area contributed by atoms with Gasteiger partial charge in [-0.3, -0.25) is 4.79 Å². The average Bonchev–Trinajstić information content (AvgIpc) is 2.64. The van der Waals surface area contributed by atoms with Gasteiger partial charge in [0.25, 0.3) is 5.09 Å². The van der Waals surface area contributed by atoms with Gasteiger partial charge in [-0.25, -0.2) is 0 Å². The molecule has 0 aliphatic carbocycles. The maximum atomic E-state index is 11.7. The topological polar surface area (TPSA) is 99.9 Å². The van der Waals surface area contributed by atoms with Crippen molar-refractivity contribution in [1.29, 1.82) is 0 Å². The Kier molecular flexibility index (Phi) is 7.21. The van der Waals surface area contributed by atoms with Crippen LogP contribution in [0.1, 0.15) is 36.5 Å². The summed E-state index contributed by atoms with van der Waals surface area (Å²) in [6, 6.07) is 5.71. The first-order chi connectivity index (χ1) is 12.1. The molecular formula is C17H22N2O6. The molecule has 0 aromatic heterocycles. The van der Waals surface area contributed by atoms with Gasteiger partial charge < -0.3 is 19.6 Å². The molecule has 0 spiro atoms. The highest BCUT2D eigenvalue weighted by molar-refractivity contribution is 5.91. The van der Waals surface area contributed by atoms with Crippen molar-refractivity contribution >= 4 is 12.0 Å². The van der Waals surface area contributed by atoms with Crippen LogP contribution in [0.25, 0.3) is 6.08 Å². The van der Waals surface area contributed by atoms with E-state index in [9.17, 15) is 14.9 Å². The van der Waals surface area contributed by atoms with Crippen LogP contribution >= 0.6 is 0 Å². The minimum atomic E-state index is -0.897. The summed E-state index contributed by atoms with van der Waals surface area (Å²) in [6.45, 7) is 0.637. The summed E-state index contributed by atoms with van der Waals surface area (Å²) < 4.78 is 11.2. The van der Waals surface area contributed by atoms with Crippen LogP contribution in [0, 0.1) is 10.1 Å². The van der Waals surface area contributed by atoms with E-state index in [2.05, 4.69) is 10.2 Å². The van der Waals surface area contributed by atoms with Crippen molar-refractivity contribution in [3.8, 4) is 5.75 Å². The molecule has 1 fully saturated rings. The Labute approximate surface area is 145 Å². The van der Waals surface area contributed by atoms with Gasteiger partial charge in [0.05, 0.1) is 13.2 Å². The van der Waals surface area contributed by atoms with Crippen molar-refractivity contribution in [3.63, 3.8) is 0 Å². The number of hydrogen-bond donors (Lipinski definition) is 1. The molecule has 25 heavy (non-hydrogen) atoms. The van der Waals surface area contributed by atoms with E-state index in [-0.39, 0.29) is 25.2 Å². The summed E-state index contributed by atoms with van der Waals surface area (Å²) in [5, 5.41) is 11.6. The molecule has 0 bridgehead atoms. The summed E-state index contributed by atoms with van der Waals surface area (Å²) in [5.41, 5.74) is 1.83. The lowest BCUT2D eigenvalue weighted by atomic mass is 9.99. The Morgan fingerprint density at radius 2 is 2.32 bits per heavy atom. The number of nitrogens with zero attached hydrogens (tertiary/aromatic N) is 1. The summed E-state index contributed by atoms with van der Waals surface area (Å²) in [4.78, 5) is 25.8. The van der Waals surface area contributed by atoms with Gasteiger partial charge in [0.2, 0.25) is 5.91 Å². The molecule has 1 saturated heterocycles. The normalized spacial score (nSPS) is 17.2. The van der Waals surface area contributed by atoms with E-state index >= 15 is 0 Å². The van der Waals surface area contributed by atoms with Gasteiger partial charge in [-0.1, -0.05) is 12.1 Å². The predicted molar refractivity (Wildman–Crippen MR) is 90.5 cm³/mol. The van der Waals surface area contributed by atoms with Crippen LogP contribution in [0.15, 0.2) is 24.3 Å². The molecule has 0 radical (unpaired) electrons. The van der Waals surface area contributed by atoms with Crippen LogP contribution in [-0.2, 0) is 14.4 Å².